The normalized spacial score (nSPS) is 23.7. The van der Waals surface area contributed by atoms with Crippen LogP contribution in [0.25, 0.3) is 0 Å². The van der Waals surface area contributed by atoms with Crippen LogP contribution in [0.1, 0.15) is 52.4 Å². The Balaban J connectivity index is 2.41. The first-order chi connectivity index (χ1) is 8.65. The van der Waals surface area contributed by atoms with Gasteiger partial charge in [0.05, 0.1) is 18.8 Å². The highest BCUT2D eigenvalue weighted by Crippen LogP contribution is 2.15. The van der Waals surface area contributed by atoms with Gasteiger partial charge in [-0.05, 0) is 39.2 Å². The molecule has 4 nitrogen and oxygen atoms in total. The molecule has 1 aliphatic rings. The second kappa shape index (κ2) is 8.10. The molecule has 0 radical (unpaired) electrons. The highest BCUT2D eigenvalue weighted by Gasteiger charge is 2.28. The van der Waals surface area contributed by atoms with E-state index in [0.29, 0.717) is 12.1 Å². The number of rotatable bonds is 7. The fraction of sp³-hybridized carbons (Fsp3) is 1.00. The molecular weight excluding hydrogens is 228 g/mol. The molecule has 2 unspecified atom stereocenters. The van der Waals surface area contributed by atoms with Gasteiger partial charge in [0.25, 0.3) is 0 Å². The Kier molecular flexibility index (Phi) is 7.15. The lowest BCUT2D eigenvalue weighted by molar-refractivity contribution is 0.0770. The van der Waals surface area contributed by atoms with Gasteiger partial charge in [0.2, 0.25) is 0 Å². The molecule has 2 atom stereocenters. The van der Waals surface area contributed by atoms with Crippen molar-refractivity contribution in [1.82, 2.24) is 10.6 Å². The van der Waals surface area contributed by atoms with Crippen LogP contribution in [0.5, 0.6) is 0 Å². The smallest absolute Gasteiger partial charge is 0.0647 e. The molecule has 0 aromatic rings. The molecule has 1 heterocycles. The highest BCUT2D eigenvalue weighted by molar-refractivity contribution is 4.89. The zero-order chi connectivity index (χ0) is 13.4. The molecule has 18 heavy (non-hydrogen) atoms. The average Bonchev–Trinajstić information content (AvgIpc) is 2.65. The van der Waals surface area contributed by atoms with E-state index < -0.39 is 5.54 Å². The lowest BCUT2D eigenvalue weighted by Gasteiger charge is -2.34. The first-order valence-electron chi connectivity index (χ1n) is 7.38. The maximum Gasteiger partial charge on any atom is 0.0647 e. The van der Waals surface area contributed by atoms with Gasteiger partial charge in [-0.25, -0.2) is 0 Å². The molecule has 4 N–H and O–H groups in total. The first-order valence-corrected chi connectivity index (χ1v) is 7.38. The molecule has 0 saturated carbocycles. The van der Waals surface area contributed by atoms with Crippen molar-refractivity contribution in [3.05, 3.63) is 0 Å². The summed E-state index contributed by atoms with van der Waals surface area (Å²) in [5.74, 6) is 0. The fourth-order valence-corrected chi connectivity index (χ4v) is 2.78. The molecular formula is C14H30N2O2. The molecule has 1 fully saturated rings. The molecule has 1 saturated heterocycles. The number of aliphatic hydroxyl groups excluding tert-OH is 2. The zero-order valence-corrected chi connectivity index (χ0v) is 11.9. The van der Waals surface area contributed by atoms with Gasteiger partial charge >= 0.3 is 0 Å². The van der Waals surface area contributed by atoms with E-state index in [2.05, 4.69) is 17.6 Å². The summed E-state index contributed by atoms with van der Waals surface area (Å²) in [6.45, 7) is 5.24. The summed E-state index contributed by atoms with van der Waals surface area (Å²) >= 11 is 0. The lowest BCUT2D eigenvalue weighted by atomic mass is 9.95. The number of nitrogens with one attached hydrogen (secondary N) is 2. The SMILES string of the molecule is CCC(CO)(CO)NC(C)CC1CCCCCN1. The van der Waals surface area contributed by atoms with Crippen LogP contribution < -0.4 is 10.6 Å². The third-order valence-electron chi connectivity index (χ3n) is 4.14. The standard InChI is InChI=1S/C14H30N2O2/c1-3-14(10-17,11-18)16-12(2)9-13-7-5-4-6-8-15-13/h12-13,15-18H,3-11H2,1-2H3. The quantitative estimate of drug-likeness (QED) is 0.550. The van der Waals surface area contributed by atoms with Crippen molar-refractivity contribution in [1.29, 1.82) is 0 Å². The Morgan fingerprint density at radius 3 is 2.61 bits per heavy atom. The predicted molar refractivity (Wildman–Crippen MR) is 74.7 cm³/mol. The van der Waals surface area contributed by atoms with Crippen LogP contribution in [0.3, 0.4) is 0 Å². The summed E-state index contributed by atoms with van der Waals surface area (Å²) in [5.41, 5.74) is -0.524. The minimum absolute atomic E-state index is 0.0115. The van der Waals surface area contributed by atoms with Crippen molar-refractivity contribution in [3.63, 3.8) is 0 Å². The molecule has 108 valence electrons. The van der Waals surface area contributed by atoms with E-state index in [1.165, 1.54) is 25.7 Å². The fourth-order valence-electron chi connectivity index (χ4n) is 2.78. The maximum absolute atomic E-state index is 9.44. The molecule has 1 aliphatic heterocycles. The third kappa shape index (κ3) is 4.84. The number of hydrogen-bond acceptors (Lipinski definition) is 4. The molecule has 0 bridgehead atoms. The minimum atomic E-state index is -0.524. The number of aliphatic hydroxyl groups is 2. The Bertz CT molecular complexity index is 204. The first kappa shape index (κ1) is 15.9. The zero-order valence-electron chi connectivity index (χ0n) is 11.9. The van der Waals surface area contributed by atoms with Gasteiger partial charge in [0.15, 0.2) is 0 Å². The molecule has 0 amide bonds. The van der Waals surface area contributed by atoms with Crippen LogP contribution in [-0.2, 0) is 0 Å². The van der Waals surface area contributed by atoms with E-state index in [0.717, 1.165) is 19.4 Å². The van der Waals surface area contributed by atoms with Crippen molar-refractivity contribution < 1.29 is 10.2 Å². The van der Waals surface area contributed by atoms with Crippen LogP contribution in [0, 0.1) is 0 Å². The Hall–Kier alpha value is -0.160. The van der Waals surface area contributed by atoms with E-state index >= 15 is 0 Å². The molecule has 0 spiro atoms. The molecule has 4 heteroatoms. The molecule has 0 aliphatic carbocycles. The molecule has 1 rings (SSSR count). The van der Waals surface area contributed by atoms with E-state index in [9.17, 15) is 10.2 Å². The van der Waals surface area contributed by atoms with Crippen molar-refractivity contribution in [3.8, 4) is 0 Å². The lowest BCUT2D eigenvalue weighted by Crippen LogP contribution is -2.55. The summed E-state index contributed by atoms with van der Waals surface area (Å²) < 4.78 is 0. The van der Waals surface area contributed by atoms with Crippen molar-refractivity contribution in [2.45, 2.75) is 70.0 Å². The van der Waals surface area contributed by atoms with Gasteiger partial charge in [-0.1, -0.05) is 19.8 Å². The predicted octanol–water partition coefficient (Wildman–Crippen LogP) is 1.02. The van der Waals surface area contributed by atoms with Gasteiger partial charge in [-0.2, -0.15) is 0 Å². The second-order valence-corrected chi connectivity index (χ2v) is 5.73. The molecule has 0 aromatic heterocycles. The monoisotopic (exact) mass is 258 g/mol. The van der Waals surface area contributed by atoms with E-state index in [1.54, 1.807) is 0 Å². The topological polar surface area (TPSA) is 64.5 Å². The van der Waals surface area contributed by atoms with Crippen molar-refractivity contribution in [2.24, 2.45) is 0 Å². The van der Waals surface area contributed by atoms with Crippen LogP contribution in [0.15, 0.2) is 0 Å². The van der Waals surface area contributed by atoms with Crippen LogP contribution in [0.2, 0.25) is 0 Å². The second-order valence-electron chi connectivity index (χ2n) is 5.73. The van der Waals surface area contributed by atoms with E-state index in [1.807, 2.05) is 6.92 Å². The van der Waals surface area contributed by atoms with Gasteiger partial charge < -0.3 is 20.8 Å². The van der Waals surface area contributed by atoms with Crippen molar-refractivity contribution in [2.75, 3.05) is 19.8 Å². The van der Waals surface area contributed by atoms with Gasteiger partial charge in [-0.15, -0.1) is 0 Å². The summed E-state index contributed by atoms with van der Waals surface area (Å²) in [6, 6.07) is 0.877. The van der Waals surface area contributed by atoms with Gasteiger partial charge in [0, 0.05) is 12.1 Å². The van der Waals surface area contributed by atoms with Crippen LogP contribution in [0.4, 0.5) is 0 Å². The van der Waals surface area contributed by atoms with Gasteiger partial charge in [0.1, 0.15) is 0 Å². The minimum Gasteiger partial charge on any atom is -0.394 e. The summed E-state index contributed by atoms with van der Waals surface area (Å²) in [7, 11) is 0. The highest BCUT2D eigenvalue weighted by atomic mass is 16.3. The Morgan fingerprint density at radius 2 is 2.00 bits per heavy atom. The van der Waals surface area contributed by atoms with E-state index in [4.69, 9.17) is 0 Å². The maximum atomic E-state index is 9.44. The molecule has 0 aromatic carbocycles. The third-order valence-corrected chi connectivity index (χ3v) is 4.14. The van der Waals surface area contributed by atoms with Crippen LogP contribution in [-0.4, -0.2) is 47.6 Å². The summed E-state index contributed by atoms with van der Waals surface area (Å²) in [4.78, 5) is 0. The average molecular weight is 258 g/mol. The Morgan fingerprint density at radius 1 is 1.28 bits per heavy atom. The number of hydrogen-bond donors (Lipinski definition) is 4. The van der Waals surface area contributed by atoms with Crippen molar-refractivity contribution >= 4 is 0 Å². The van der Waals surface area contributed by atoms with E-state index in [-0.39, 0.29) is 13.2 Å². The summed E-state index contributed by atoms with van der Waals surface area (Å²) in [5, 5.41) is 25.9. The Labute approximate surface area is 111 Å². The van der Waals surface area contributed by atoms with Gasteiger partial charge in [-0.3, -0.25) is 0 Å². The summed E-state index contributed by atoms with van der Waals surface area (Å²) in [6.07, 6.45) is 6.96. The van der Waals surface area contributed by atoms with Crippen LogP contribution >= 0.6 is 0 Å². The largest absolute Gasteiger partial charge is 0.394 e.